The Morgan fingerprint density at radius 2 is 1.91 bits per heavy atom. The first-order valence-electron chi connectivity index (χ1n) is 12.0. The van der Waals surface area contributed by atoms with Gasteiger partial charge in [-0.3, -0.25) is 13.9 Å². The summed E-state index contributed by atoms with van der Waals surface area (Å²) in [4.78, 5) is 14.3. The van der Waals surface area contributed by atoms with Crippen molar-refractivity contribution >= 4 is 39.5 Å². The van der Waals surface area contributed by atoms with Gasteiger partial charge in [0.1, 0.15) is 5.75 Å². The summed E-state index contributed by atoms with van der Waals surface area (Å²) in [6, 6.07) is 13.4. The fourth-order valence-electron chi connectivity index (χ4n) is 4.49. The van der Waals surface area contributed by atoms with Crippen LogP contribution in [0.15, 0.2) is 47.4 Å². The molecule has 1 heterocycles. The van der Waals surface area contributed by atoms with Crippen LogP contribution >= 0.6 is 22.2 Å². The lowest BCUT2D eigenvalue weighted by atomic mass is 9.81. The number of esters is 1. The smallest absolute Gasteiger partial charge is 0.309 e. The molecule has 0 spiro atoms. The molecule has 2 N–H and O–H groups in total. The second kappa shape index (κ2) is 11.7. The highest BCUT2D eigenvalue weighted by atomic mass is 35.5. The summed E-state index contributed by atoms with van der Waals surface area (Å²) in [7, 11) is -3.13. The standard InChI is InChI=1S/C26H36ClNO5S/c1-4-7-14-26(5-2)18-28(20-11-9-8-10-12-20)22-16-21(27)23(17-24(22)34(30,31)19-26)33-15-13-25(29)32-6-3/h8-12,16-17,30-31H,4-7,13-15,18-19H2,1-3H3. The van der Waals surface area contributed by atoms with Crippen molar-refractivity contribution in [3.05, 3.63) is 47.5 Å². The summed E-state index contributed by atoms with van der Waals surface area (Å²) >= 11 is 6.60. The number of carbonyl (C=O) groups excluding carboxylic acids is 1. The molecule has 34 heavy (non-hydrogen) atoms. The van der Waals surface area contributed by atoms with E-state index in [0.717, 1.165) is 31.4 Å². The highest BCUT2D eigenvalue weighted by Gasteiger charge is 2.42. The van der Waals surface area contributed by atoms with Crippen molar-refractivity contribution in [2.24, 2.45) is 5.41 Å². The molecule has 2 aromatic carbocycles. The number of unbranched alkanes of at least 4 members (excludes halogenated alkanes) is 1. The zero-order chi connectivity index (χ0) is 24.8. The van der Waals surface area contributed by atoms with Crippen LogP contribution in [0.1, 0.15) is 52.9 Å². The summed E-state index contributed by atoms with van der Waals surface area (Å²) in [5, 5.41) is 0.358. The van der Waals surface area contributed by atoms with Crippen LogP contribution < -0.4 is 9.64 Å². The molecule has 1 aliphatic rings. The van der Waals surface area contributed by atoms with E-state index in [1.54, 1.807) is 19.1 Å². The first-order valence-corrected chi connectivity index (χ1v) is 14.0. The lowest BCUT2D eigenvalue weighted by Gasteiger charge is -2.41. The van der Waals surface area contributed by atoms with Gasteiger partial charge in [0.2, 0.25) is 0 Å². The molecule has 2 aromatic rings. The van der Waals surface area contributed by atoms with Gasteiger partial charge in [-0.25, -0.2) is 0 Å². The highest BCUT2D eigenvalue weighted by Crippen LogP contribution is 2.61. The van der Waals surface area contributed by atoms with Crippen LogP contribution in [0.3, 0.4) is 0 Å². The molecule has 0 amide bonds. The maximum absolute atomic E-state index is 11.7. The molecule has 1 atom stereocenters. The molecule has 6 nitrogen and oxygen atoms in total. The number of para-hydroxylation sites is 1. The first-order chi connectivity index (χ1) is 16.2. The molecule has 0 bridgehead atoms. The van der Waals surface area contributed by atoms with Gasteiger partial charge in [-0.2, -0.15) is 10.6 Å². The topological polar surface area (TPSA) is 79.2 Å². The van der Waals surface area contributed by atoms with Gasteiger partial charge in [0, 0.05) is 29.5 Å². The Morgan fingerprint density at radius 3 is 2.56 bits per heavy atom. The van der Waals surface area contributed by atoms with Gasteiger partial charge in [-0.05, 0) is 38.0 Å². The van der Waals surface area contributed by atoms with Crippen molar-refractivity contribution in [3.8, 4) is 5.75 Å². The van der Waals surface area contributed by atoms with E-state index in [4.69, 9.17) is 21.1 Å². The zero-order valence-electron chi connectivity index (χ0n) is 20.3. The average molecular weight is 510 g/mol. The molecule has 188 valence electrons. The van der Waals surface area contributed by atoms with Crippen LogP contribution in [0.25, 0.3) is 0 Å². The molecule has 0 radical (unpaired) electrons. The van der Waals surface area contributed by atoms with Crippen LogP contribution in [0.5, 0.6) is 5.75 Å². The van der Waals surface area contributed by atoms with Crippen LogP contribution in [0.2, 0.25) is 5.02 Å². The van der Waals surface area contributed by atoms with E-state index in [0.29, 0.717) is 34.5 Å². The van der Waals surface area contributed by atoms with Crippen molar-refractivity contribution in [3.63, 3.8) is 0 Å². The number of rotatable bonds is 10. The van der Waals surface area contributed by atoms with Crippen molar-refractivity contribution in [2.75, 3.05) is 30.4 Å². The molecule has 0 fully saturated rings. The summed E-state index contributed by atoms with van der Waals surface area (Å²) in [6.45, 7) is 7.10. The number of hydrogen-bond acceptors (Lipinski definition) is 6. The Bertz CT molecular complexity index is 971. The largest absolute Gasteiger partial charge is 0.491 e. The van der Waals surface area contributed by atoms with Crippen LogP contribution in [0, 0.1) is 5.41 Å². The van der Waals surface area contributed by atoms with Gasteiger partial charge >= 0.3 is 5.97 Å². The third-order valence-corrected chi connectivity index (χ3v) is 8.75. The molecule has 8 heteroatoms. The van der Waals surface area contributed by atoms with Gasteiger partial charge in [0.15, 0.2) is 0 Å². The molecule has 3 rings (SSSR count). The summed E-state index contributed by atoms with van der Waals surface area (Å²) < 4.78 is 33.7. The number of halogens is 1. The van der Waals surface area contributed by atoms with E-state index in [-0.39, 0.29) is 30.2 Å². The third-order valence-electron chi connectivity index (χ3n) is 6.41. The second-order valence-electron chi connectivity index (χ2n) is 8.84. The molecule has 1 aliphatic heterocycles. The van der Waals surface area contributed by atoms with E-state index >= 15 is 0 Å². The molecule has 1 unspecified atom stereocenters. The average Bonchev–Trinajstić information content (AvgIpc) is 2.91. The maximum Gasteiger partial charge on any atom is 0.309 e. The molecular weight excluding hydrogens is 474 g/mol. The molecular formula is C26H36ClNO5S. The van der Waals surface area contributed by atoms with Crippen molar-refractivity contribution < 1.29 is 23.4 Å². The van der Waals surface area contributed by atoms with Crippen LogP contribution in [0.4, 0.5) is 11.4 Å². The minimum Gasteiger partial charge on any atom is -0.491 e. The Labute approximate surface area is 209 Å². The predicted molar refractivity (Wildman–Crippen MR) is 140 cm³/mol. The molecule has 0 saturated heterocycles. The summed E-state index contributed by atoms with van der Waals surface area (Å²) in [5.41, 5.74) is 1.39. The minimum absolute atomic E-state index is 0.0869. The Hall–Kier alpha value is -1.93. The number of ether oxygens (including phenoxy) is 2. The lowest BCUT2D eigenvalue weighted by molar-refractivity contribution is -0.143. The van der Waals surface area contributed by atoms with Gasteiger partial charge in [-0.1, -0.05) is 56.5 Å². The second-order valence-corrected chi connectivity index (χ2v) is 11.3. The molecule has 0 aromatic heterocycles. The summed E-state index contributed by atoms with van der Waals surface area (Å²) in [6.07, 6.45) is 3.89. The van der Waals surface area contributed by atoms with Crippen molar-refractivity contribution in [2.45, 2.75) is 57.8 Å². The van der Waals surface area contributed by atoms with Crippen molar-refractivity contribution in [1.29, 1.82) is 0 Å². The Kier molecular flexibility index (Phi) is 9.15. The van der Waals surface area contributed by atoms with Crippen LogP contribution in [-0.2, 0) is 9.53 Å². The van der Waals surface area contributed by atoms with Gasteiger partial charge < -0.3 is 14.4 Å². The normalized spacial score (nSPS) is 20.2. The fourth-order valence-corrected chi connectivity index (χ4v) is 6.95. The van der Waals surface area contributed by atoms with Gasteiger partial charge in [0.25, 0.3) is 0 Å². The van der Waals surface area contributed by atoms with Gasteiger partial charge in [0.05, 0.1) is 35.2 Å². The van der Waals surface area contributed by atoms with Crippen LogP contribution in [-0.4, -0.2) is 40.6 Å². The number of anilines is 2. The van der Waals surface area contributed by atoms with E-state index < -0.39 is 10.6 Å². The van der Waals surface area contributed by atoms with E-state index in [9.17, 15) is 13.9 Å². The number of hydrogen-bond donors (Lipinski definition) is 2. The predicted octanol–water partition coefficient (Wildman–Crippen LogP) is 7.52. The summed E-state index contributed by atoms with van der Waals surface area (Å²) in [5.74, 6) is 0.267. The van der Waals surface area contributed by atoms with E-state index in [1.807, 2.05) is 30.3 Å². The van der Waals surface area contributed by atoms with E-state index in [2.05, 4.69) is 18.7 Å². The van der Waals surface area contributed by atoms with E-state index in [1.165, 1.54) is 0 Å². The highest BCUT2D eigenvalue weighted by molar-refractivity contribution is 8.24. The van der Waals surface area contributed by atoms with Gasteiger partial charge in [-0.15, -0.1) is 0 Å². The maximum atomic E-state index is 11.7. The third kappa shape index (κ3) is 6.19. The number of benzene rings is 2. The lowest BCUT2D eigenvalue weighted by Crippen LogP contribution is -2.37. The Balaban J connectivity index is 2.04. The first kappa shape index (κ1) is 26.7. The number of carbonyl (C=O) groups is 1. The monoisotopic (exact) mass is 509 g/mol. The van der Waals surface area contributed by atoms with Crippen molar-refractivity contribution in [1.82, 2.24) is 0 Å². The number of nitrogens with zero attached hydrogens (tertiary/aromatic N) is 1. The molecule has 0 aliphatic carbocycles. The molecule has 0 saturated carbocycles. The minimum atomic E-state index is -3.13. The quantitative estimate of drug-likeness (QED) is 0.322. The fraction of sp³-hybridized carbons (Fsp3) is 0.500. The number of fused-ring (bicyclic) bond motifs is 1. The zero-order valence-corrected chi connectivity index (χ0v) is 21.8. The SMILES string of the molecule is CCCCC1(CC)CN(c2ccccc2)c2cc(Cl)c(OCCC(=O)OCC)cc2S(O)(O)C1. The Morgan fingerprint density at radius 1 is 1.18 bits per heavy atom.